The predicted molar refractivity (Wildman–Crippen MR) is 56.5 cm³/mol. The standard InChI is InChI=1S/C10H14F2N2O/c1-2-15-9-4-7(13)3-8(5-9)14-6-10(11)12/h3-5,10,14H,2,6,13H2,1H3. The van der Waals surface area contributed by atoms with Crippen LogP contribution in [0.3, 0.4) is 0 Å². The Morgan fingerprint density at radius 2 is 2.13 bits per heavy atom. The first kappa shape index (κ1) is 11.6. The highest BCUT2D eigenvalue weighted by molar-refractivity contribution is 5.59. The minimum Gasteiger partial charge on any atom is -0.494 e. The summed E-state index contributed by atoms with van der Waals surface area (Å²) in [5.74, 6) is 0.578. The summed E-state index contributed by atoms with van der Waals surface area (Å²) in [7, 11) is 0. The van der Waals surface area contributed by atoms with E-state index in [-0.39, 0.29) is 0 Å². The molecule has 1 rings (SSSR count). The van der Waals surface area contributed by atoms with Gasteiger partial charge in [-0.15, -0.1) is 0 Å². The third-order valence-corrected chi connectivity index (χ3v) is 1.70. The Kier molecular flexibility index (Phi) is 4.15. The number of anilines is 2. The van der Waals surface area contributed by atoms with Crippen molar-refractivity contribution in [3.8, 4) is 5.75 Å². The summed E-state index contributed by atoms with van der Waals surface area (Å²) >= 11 is 0. The number of halogens is 2. The van der Waals surface area contributed by atoms with Crippen LogP contribution in [0.15, 0.2) is 18.2 Å². The molecule has 1 aromatic carbocycles. The van der Waals surface area contributed by atoms with Crippen molar-refractivity contribution in [2.75, 3.05) is 24.2 Å². The van der Waals surface area contributed by atoms with Gasteiger partial charge in [-0.1, -0.05) is 0 Å². The van der Waals surface area contributed by atoms with E-state index in [0.29, 0.717) is 23.7 Å². The molecular formula is C10H14F2N2O. The van der Waals surface area contributed by atoms with Gasteiger partial charge in [0, 0.05) is 23.5 Å². The van der Waals surface area contributed by atoms with Gasteiger partial charge in [0.2, 0.25) is 0 Å². The third kappa shape index (κ3) is 4.01. The number of alkyl halides is 2. The van der Waals surface area contributed by atoms with E-state index in [0.717, 1.165) is 0 Å². The second kappa shape index (κ2) is 5.38. The lowest BCUT2D eigenvalue weighted by atomic mass is 10.2. The van der Waals surface area contributed by atoms with E-state index in [1.165, 1.54) is 0 Å². The van der Waals surface area contributed by atoms with Crippen LogP contribution in [-0.4, -0.2) is 19.6 Å². The Hall–Kier alpha value is -1.52. The molecule has 0 unspecified atom stereocenters. The van der Waals surface area contributed by atoms with Crippen molar-refractivity contribution in [1.29, 1.82) is 0 Å². The molecule has 0 aliphatic heterocycles. The van der Waals surface area contributed by atoms with E-state index >= 15 is 0 Å². The van der Waals surface area contributed by atoms with Gasteiger partial charge < -0.3 is 15.8 Å². The number of nitrogen functional groups attached to an aromatic ring is 1. The van der Waals surface area contributed by atoms with Crippen LogP contribution in [0.5, 0.6) is 5.75 Å². The number of benzene rings is 1. The Bertz CT molecular complexity index is 318. The van der Waals surface area contributed by atoms with Crippen LogP contribution < -0.4 is 15.8 Å². The fourth-order valence-electron chi connectivity index (χ4n) is 1.17. The van der Waals surface area contributed by atoms with E-state index in [9.17, 15) is 8.78 Å². The lowest BCUT2D eigenvalue weighted by Gasteiger charge is -2.09. The smallest absolute Gasteiger partial charge is 0.255 e. The Labute approximate surface area is 87.2 Å². The summed E-state index contributed by atoms with van der Waals surface area (Å²) in [4.78, 5) is 0. The molecule has 0 atom stereocenters. The van der Waals surface area contributed by atoms with Crippen molar-refractivity contribution >= 4 is 11.4 Å². The summed E-state index contributed by atoms with van der Waals surface area (Å²) in [6.07, 6.45) is -2.39. The highest BCUT2D eigenvalue weighted by atomic mass is 19.3. The SMILES string of the molecule is CCOc1cc(N)cc(NCC(F)F)c1. The van der Waals surface area contributed by atoms with Crippen LogP contribution in [0.4, 0.5) is 20.2 Å². The summed E-state index contributed by atoms with van der Waals surface area (Å²) < 4.78 is 29.1. The minimum atomic E-state index is -2.39. The molecule has 3 nitrogen and oxygen atoms in total. The molecule has 0 aromatic heterocycles. The first-order chi connectivity index (χ1) is 7.11. The Morgan fingerprint density at radius 3 is 2.73 bits per heavy atom. The quantitative estimate of drug-likeness (QED) is 0.743. The molecule has 0 fully saturated rings. The predicted octanol–water partition coefficient (Wildman–Crippen LogP) is 2.34. The molecule has 5 heteroatoms. The van der Waals surface area contributed by atoms with Gasteiger partial charge in [-0.25, -0.2) is 8.78 Å². The van der Waals surface area contributed by atoms with Gasteiger partial charge >= 0.3 is 0 Å². The molecule has 0 amide bonds. The first-order valence-electron chi connectivity index (χ1n) is 4.67. The summed E-state index contributed by atoms with van der Waals surface area (Å²) in [5, 5.41) is 2.57. The average molecular weight is 216 g/mol. The zero-order valence-corrected chi connectivity index (χ0v) is 8.47. The molecule has 0 spiro atoms. The molecule has 15 heavy (non-hydrogen) atoms. The van der Waals surface area contributed by atoms with E-state index in [1.54, 1.807) is 18.2 Å². The van der Waals surface area contributed by atoms with Crippen molar-refractivity contribution in [2.24, 2.45) is 0 Å². The minimum absolute atomic E-state index is 0.394. The maximum Gasteiger partial charge on any atom is 0.255 e. The Balaban J connectivity index is 2.70. The molecule has 0 radical (unpaired) electrons. The Morgan fingerprint density at radius 1 is 1.40 bits per heavy atom. The lowest BCUT2D eigenvalue weighted by Crippen LogP contribution is -2.10. The molecule has 1 aromatic rings. The molecular weight excluding hydrogens is 202 g/mol. The van der Waals surface area contributed by atoms with Gasteiger partial charge in [0.05, 0.1) is 13.2 Å². The maximum atomic E-state index is 11.9. The average Bonchev–Trinajstić information content (AvgIpc) is 2.14. The molecule has 0 bridgehead atoms. The van der Waals surface area contributed by atoms with Crippen LogP contribution in [0, 0.1) is 0 Å². The number of nitrogens with two attached hydrogens (primary N) is 1. The van der Waals surface area contributed by atoms with Gasteiger partial charge in [-0.05, 0) is 13.0 Å². The largest absolute Gasteiger partial charge is 0.494 e. The van der Waals surface area contributed by atoms with Crippen molar-refractivity contribution in [3.63, 3.8) is 0 Å². The molecule has 84 valence electrons. The topological polar surface area (TPSA) is 47.3 Å². The maximum absolute atomic E-state index is 11.9. The van der Waals surface area contributed by atoms with E-state index in [1.807, 2.05) is 6.92 Å². The number of rotatable bonds is 5. The van der Waals surface area contributed by atoms with Crippen molar-refractivity contribution < 1.29 is 13.5 Å². The summed E-state index contributed by atoms with van der Waals surface area (Å²) in [5.41, 5.74) is 6.61. The number of ether oxygens (including phenoxy) is 1. The fraction of sp³-hybridized carbons (Fsp3) is 0.400. The van der Waals surface area contributed by atoms with E-state index in [2.05, 4.69) is 5.32 Å². The number of hydrogen-bond acceptors (Lipinski definition) is 3. The van der Waals surface area contributed by atoms with Crippen LogP contribution in [0.25, 0.3) is 0 Å². The second-order valence-corrected chi connectivity index (χ2v) is 3.00. The zero-order chi connectivity index (χ0) is 11.3. The van der Waals surface area contributed by atoms with E-state index < -0.39 is 13.0 Å². The lowest BCUT2D eigenvalue weighted by molar-refractivity contribution is 0.163. The highest BCUT2D eigenvalue weighted by Gasteiger charge is 2.03. The highest BCUT2D eigenvalue weighted by Crippen LogP contribution is 2.22. The molecule has 0 aliphatic rings. The van der Waals surface area contributed by atoms with E-state index in [4.69, 9.17) is 10.5 Å². The molecule has 0 saturated heterocycles. The monoisotopic (exact) mass is 216 g/mol. The molecule has 0 aliphatic carbocycles. The van der Waals surface area contributed by atoms with Crippen molar-refractivity contribution in [1.82, 2.24) is 0 Å². The zero-order valence-electron chi connectivity index (χ0n) is 8.47. The number of nitrogens with one attached hydrogen (secondary N) is 1. The van der Waals surface area contributed by atoms with Crippen LogP contribution in [-0.2, 0) is 0 Å². The number of hydrogen-bond donors (Lipinski definition) is 2. The van der Waals surface area contributed by atoms with Crippen molar-refractivity contribution in [2.45, 2.75) is 13.3 Å². The van der Waals surface area contributed by atoms with Gasteiger partial charge in [0.25, 0.3) is 6.43 Å². The van der Waals surface area contributed by atoms with Gasteiger partial charge in [-0.2, -0.15) is 0 Å². The van der Waals surface area contributed by atoms with Crippen LogP contribution in [0.2, 0.25) is 0 Å². The molecule has 0 saturated carbocycles. The molecule has 0 heterocycles. The van der Waals surface area contributed by atoms with Gasteiger partial charge in [0.15, 0.2) is 0 Å². The fourth-order valence-corrected chi connectivity index (χ4v) is 1.17. The summed E-state index contributed by atoms with van der Waals surface area (Å²) in [6.45, 7) is 1.96. The van der Waals surface area contributed by atoms with Gasteiger partial charge in [-0.3, -0.25) is 0 Å². The third-order valence-electron chi connectivity index (χ3n) is 1.70. The van der Waals surface area contributed by atoms with Crippen LogP contribution in [0.1, 0.15) is 6.92 Å². The normalized spacial score (nSPS) is 10.4. The van der Waals surface area contributed by atoms with Crippen molar-refractivity contribution in [3.05, 3.63) is 18.2 Å². The second-order valence-electron chi connectivity index (χ2n) is 3.00. The summed E-state index contributed by atoms with van der Waals surface area (Å²) in [6, 6.07) is 4.88. The van der Waals surface area contributed by atoms with Crippen LogP contribution >= 0.6 is 0 Å². The van der Waals surface area contributed by atoms with Gasteiger partial charge in [0.1, 0.15) is 5.75 Å². The first-order valence-corrected chi connectivity index (χ1v) is 4.67. The molecule has 3 N–H and O–H groups in total.